The molecule has 2 aromatic heterocycles. The Morgan fingerprint density at radius 3 is 2.85 bits per heavy atom. The van der Waals surface area contributed by atoms with E-state index in [-0.39, 0.29) is 6.23 Å². The van der Waals surface area contributed by atoms with Gasteiger partial charge < -0.3 is 25.0 Å². The van der Waals surface area contributed by atoms with Gasteiger partial charge in [0.1, 0.15) is 5.75 Å². The molecular weight excluding hydrogens is 346 g/mol. The van der Waals surface area contributed by atoms with Crippen LogP contribution in [0.3, 0.4) is 0 Å². The van der Waals surface area contributed by atoms with Crippen molar-refractivity contribution in [1.82, 2.24) is 14.9 Å². The number of hydrogen-bond acceptors (Lipinski definition) is 7. The van der Waals surface area contributed by atoms with Crippen LogP contribution in [0.25, 0.3) is 11.0 Å². The number of anilines is 3. The van der Waals surface area contributed by atoms with Gasteiger partial charge >= 0.3 is 0 Å². The lowest BCUT2D eigenvalue weighted by Gasteiger charge is -2.24. The van der Waals surface area contributed by atoms with Gasteiger partial charge in [0.05, 0.1) is 18.2 Å². The van der Waals surface area contributed by atoms with Crippen molar-refractivity contribution in [1.29, 1.82) is 0 Å². The number of nitrogens with two attached hydrogens (primary N) is 1. The first-order chi connectivity index (χ1) is 13.2. The lowest BCUT2D eigenvalue weighted by atomic mass is 10.2. The monoisotopic (exact) mass is 369 g/mol. The molecule has 1 aliphatic carbocycles. The summed E-state index contributed by atoms with van der Waals surface area (Å²) in [6, 6.07) is 5.78. The van der Waals surface area contributed by atoms with Crippen LogP contribution in [0.2, 0.25) is 0 Å². The van der Waals surface area contributed by atoms with E-state index >= 15 is 0 Å². The van der Waals surface area contributed by atoms with Gasteiger partial charge in [-0.25, -0.2) is 4.68 Å². The van der Waals surface area contributed by atoms with Crippen molar-refractivity contribution in [3.05, 3.63) is 23.9 Å². The number of nitrogens with one attached hydrogen (secondary N) is 1. The van der Waals surface area contributed by atoms with Crippen LogP contribution in [-0.4, -0.2) is 28.7 Å². The number of aromatic nitrogens is 3. The molecule has 1 aliphatic heterocycles. The fourth-order valence-corrected chi connectivity index (χ4v) is 3.69. The van der Waals surface area contributed by atoms with Crippen LogP contribution in [0, 0.1) is 0 Å². The molecule has 1 unspecified atom stereocenters. The minimum atomic E-state index is 0.0309. The van der Waals surface area contributed by atoms with Gasteiger partial charge in [0.15, 0.2) is 23.4 Å². The molecule has 8 heteroatoms. The van der Waals surface area contributed by atoms with Crippen LogP contribution < -0.4 is 15.8 Å². The molecule has 2 fully saturated rings. The maximum atomic E-state index is 5.96. The molecule has 27 heavy (non-hydrogen) atoms. The average molecular weight is 369 g/mol. The molecule has 2 aliphatic rings. The van der Waals surface area contributed by atoms with E-state index in [0.717, 1.165) is 36.3 Å². The molecule has 1 saturated heterocycles. The summed E-state index contributed by atoms with van der Waals surface area (Å²) in [5.41, 5.74) is 8.45. The number of nitrogens with zero attached hydrogens (tertiary/aromatic N) is 3. The summed E-state index contributed by atoms with van der Waals surface area (Å²) < 4.78 is 18.8. The summed E-state index contributed by atoms with van der Waals surface area (Å²) >= 11 is 0. The minimum absolute atomic E-state index is 0.0309. The number of rotatable bonds is 5. The van der Waals surface area contributed by atoms with Crippen LogP contribution >= 0.6 is 0 Å². The molecule has 5 rings (SSSR count). The molecule has 0 radical (unpaired) electrons. The van der Waals surface area contributed by atoms with Gasteiger partial charge in [-0.15, -0.1) is 0 Å². The summed E-state index contributed by atoms with van der Waals surface area (Å²) in [5.74, 6) is 2.37. The van der Waals surface area contributed by atoms with E-state index in [4.69, 9.17) is 24.8 Å². The highest BCUT2D eigenvalue weighted by Gasteiger charge is 2.31. The Hall–Kier alpha value is -2.74. The molecule has 3 heterocycles. The molecule has 1 saturated carbocycles. The van der Waals surface area contributed by atoms with E-state index in [1.165, 1.54) is 25.0 Å². The molecule has 8 nitrogen and oxygen atoms in total. The maximum Gasteiger partial charge on any atom is 0.174 e. The lowest BCUT2D eigenvalue weighted by Crippen LogP contribution is -2.20. The summed E-state index contributed by atoms with van der Waals surface area (Å²) in [4.78, 5) is 0. The first kappa shape index (κ1) is 16.4. The van der Waals surface area contributed by atoms with Crippen LogP contribution in [-0.2, 0) is 4.74 Å². The Kier molecular flexibility index (Phi) is 3.93. The van der Waals surface area contributed by atoms with E-state index in [1.54, 1.807) is 7.11 Å². The van der Waals surface area contributed by atoms with Gasteiger partial charge in [-0.1, -0.05) is 5.16 Å². The van der Waals surface area contributed by atoms with Crippen molar-refractivity contribution < 1.29 is 14.0 Å². The normalized spacial score (nSPS) is 20.1. The van der Waals surface area contributed by atoms with E-state index in [2.05, 4.69) is 21.2 Å². The van der Waals surface area contributed by atoms with Crippen LogP contribution in [0.4, 0.5) is 17.3 Å². The molecule has 1 aromatic carbocycles. The zero-order chi connectivity index (χ0) is 18.4. The highest BCUT2D eigenvalue weighted by Crippen LogP contribution is 2.43. The Balaban J connectivity index is 1.49. The van der Waals surface area contributed by atoms with E-state index in [9.17, 15) is 0 Å². The molecule has 0 amide bonds. The summed E-state index contributed by atoms with van der Waals surface area (Å²) in [6.45, 7) is 0.800. The predicted octanol–water partition coefficient (Wildman–Crippen LogP) is 3.94. The van der Waals surface area contributed by atoms with Gasteiger partial charge in [0.2, 0.25) is 0 Å². The topological polar surface area (TPSA) is 100 Å². The second kappa shape index (κ2) is 6.45. The Morgan fingerprint density at radius 2 is 2.11 bits per heavy atom. The molecule has 3 aromatic rings. The highest BCUT2D eigenvalue weighted by atomic mass is 16.5. The van der Waals surface area contributed by atoms with Crippen molar-refractivity contribution >= 4 is 28.3 Å². The number of hydrogen-bond donors (Lipinski definition) is 2. The van der Waals surface area contributed by atoms with E-state index in [0.29, 0.717) is 23.1 Å². The number of methoxy groups -OCH3 is 1. The fraction of sp³-hybridized carbons (Fsp3) is 0.474. The molecule has 0 spiro atoms. The minimum Gasteiger partial charge on any atom is -0.495 e. The third-order valence-corrected chi connectivity index (χ3v) is 5.27. The highest BCUT2D eigenvalue weighted by molar-refractivity contribution is 5.92. The lowest BCUT2D eigenvalue weighted by molar-refractivity contribution is -0.0409. The molecule has 3 N–H and O–H groups in total. The SMILES string of the molecule is COc1cc2c(N)noc2cc1Nc1cc(C2CC2)n(C2CCCCO2)n1. The van der Waals surface area contributed by atoms with Crippen molar-refractivity contribution in [3.8, 4) is 5.75 Å². The van der Waals surface area contributed by atoms with Gasteiger partial charge in [-0.3, -0.25) is 0 Å². The van der Waals surface area contributed by atoms with Crippen LogP contribution in [0.1, 0.15) is 49.9 Å². The van der Waals surface area contributed by atoms with E-state index < -0.39 is 0 Å². The van der Waals surface area contributed by atoms with Crippen LogP contribution in [0.5, 0.6) is 5.75 Å². The van der Waals surface area contributed by atoms with Crippen molar-refractivity contribution in [2.75, 3.05) is 24.8 Å². The van der Waals surface area contributed by atoms with Crippen molar-refractivity contribution in [2.45, 2.75) is 44.2 Å². The van der Waals surface area contributed by atoms with Gasteiger partial charge in [-0.05, 0) is 38.2 Å². The second-order valence-corrected chi connectivity index (χ2v) is 7.24. The third-order valence-electron chi connectivity index (χ3n) is 5.27. The Morgan fingerprint density at radius 1 is 1.22 bits per heavy atom. The fourth-order valence-electron chi connectivity index (χ4n) is 3.69. The van der Waals surface area contributed by atoms with Crippen LogP contribution in [0.15, 0.2) is 22.7 Å². The quantitative estimate of drug-likeness (QED) is 0.702. The first-order valence-corrected chi connectivity index (χ1v) is 9.44. The first-order valence-electron chi connectivity index (χ1n) is 9.44. The molecule has 1 atom stereocenters. The summed E-state index contributed by atoms with van der Waals surface area (Å²) in [7, 11) is 1.63. The third kappa shape index (κ3) is 2.99. The number of fused-ring (bicyclic) bond motifs is 1. The number of benzene rings is 1. The summed E-state index contributed by atoms with van der Waals surface area (Å²) in [5, 5.41) is 12.7. The zero-order valence-corrected chi connectivity index (χ0v) is 15.3. The molecule has 0 bridgehead atoms. The van der Waals surface area contributed by atoms with Crippen molar-refractivity contribution in [3.63, 3.8) is 0 Å². The largest absolute Gasteiger partial charge is 0.495 e. The molecule has 142 valence electrons. The number of nitrogen functional groups attached to an aromatic ring is 1. The van der Waals surface area contributed by atoms with E-state index in [1.807, 2.05) is 12.1 Å². The zero-order valence-electron chi connectivity index (χ0n) is 15.3. The Labute approximate surface area is 156 Å². The maximum absolute atomic E-state index is 5.96. The number of ether oxygens (including phenoxy) is 2. The average Bonchev–Trinajstić information content (AvgIpc) is 3.37. The Bertz CT molecular complexity index is 969. The standard InChI is InChI=1S/C19H23N5O3/c1-25-16-8-12-15(27-23-19(12)20)9-13(16)21-17-10-14(11-5-6-11)24(22-17)18-4-2-3-7-26-18/h8-11,18H,2-7H2,1H3,(H2,20,23)(H,21,22). The van der Waals surface area contributed by atoms with Gasteiger partial charge in [-0.2, -0.15) is 5.10 Å². The van der Waals surface area contributed by atoms with Gasteiger partial charge in [0, 0.05) is 30.4 Å². The predicted molar refractivity (Wildman–Crippen MR) is 101 cm³/mol. The smallest absolute Gasteiger partial charge is 0.174 e. The molecular formula is C19H23N5O3. The second-order valence-electron chi connectivity index (χ2n) is 7.24. The van der Waals surface area contributed by atoms with Crippen molar-refractivity contribution in [2.24, 2.45) is 0 Å². The van der Waals surface area contributed by atoms with Gasteiger partial charge in [0.25, 0.3) is 0 Å². The summed E-state index contributed by atoms with van der Waals surface area (Å²) in [6.07, 6.45) is 5.76.